The predicted molar refractivity (Wildman–Crippen MR) is 153 cm³/mol. The second-order valence-electron chi connectivity index (χ2n) is 8.22. The Morgan fingerprint density at radius 3 is 2.44 bits per heavy atom. The fourth-order valence-corrected chi connectivity index (χ4v) is 4.78. The molecule has 0 saturated carbocycles. The largest absolute Gasteiger partial charge is 0.494 e. The lowest BCUT2D eigenvalue weighted by Gasteiger charge is -2.13. The number of methoxy groups -OCH3 is 1. The molecule has 3 aromatic rings. The zero-order valence-electron chi connectivity index (χ0n) is 21.0. The fourth-order valence-electron chi connectivity index (χ4n) is 3.62. The molecule has 11 heteroatoms. The number of rotatable bonds is 10. The molecular formula is C28H24Cl2N2O6S. The number of imide groups is 1. The van der Waals surface area contributed by atoms with Crippen LogP contribution in [0.5, 0.6) is 17.2 Å². The number of amides is 3. The lowest BCUT2D eigenvalue weighted by atomic mass is 10.1. The van der Waals surface area contributed by atoms with Crippen LogP contribution in [0.25, 0.3) is 6.08 Å². The molecule has 1 aliphatic heterocycles. The van der Waals surface area contributed by atoms with Gasteiger partial charge in [-0.2, -0.15) is 0 Å². The quantitative estimate of drug-likeness (QED) is 0.265. The molecule has 0 unspecified atom stereocenters. The molecule has 3 aromatic carbocycles. The van der Waals surface area contributed by atoms with Crippen molar-refractivity contribution in [3.63, 3.8) is 0 Å². The molecule has 4 rings (SSSR count). The number of hydrogen-bond donors (Lipinski definition) is 1. The first-order chi connectivity index (χ1) is 18.8. The van der Waals surface area contributed by atoms with Gasteiger partial charge in [0.2, 0.25) is 5.91 Å². The Labute approximate surface area is 239 Å². The Bertz CT molecular complexity index is 1430. The normalized spacial score (nSPS) is 14.1. The molecule has 0 aliphatic carbocycles. The van der Waals surface area contributed by atoms with Crippen LogP contribution < -0.4 is 19.5 Å². The summed E-state index contributed by atoms with van der Waals surface area (Å²) >= 11 is 12.8. The number of thioether (sulfide) groups is 1. The first-order valence-corrected chi connectivity index (χ1v) is 13.4. The number of carbonyl (C=O) groups excluding carboxylic acids is 3. The second kappa shape index (κ2) is 12.9. The van der Waals surface area contributed by atoms with Crippen molar-refractivity contribution in [1.82, 2.24) is 4.90 Å². The molecule has 202 valence electrons. The number of anilines is 1. The second-order valence-corrected chi connectivity index (χ2v) is 10.0. The smallest absolute Gasteiger partial charge is 0.294 e. The van der Waals surface area contributed by atoms with Crippen LogP contribution in [0.3, 0.4) is 0 Å². The van der Waals surface area contributed by atoms with Gasteiger partial charge in [0.15, 0.2) is 11.5 Å². The highest BCUT2D eigenvalue weighted by molar-refractivity contribution is 8.18. The predicted octanol–water partition coefficient (Wildman–Crippen LogP) is 6.65. The van der Waals surface area contributed by atoms with Crippen molar-refractivity contribution in [1.29, 1.82) is 0 Å². The number of ether oxygens (including phenoxy) is 3. The molecule has 0 aromatic heterocycles. The average Bonchev–Trinajstić information content (AvgIpc) is 3.18. The third-order valence-corrected chi connectivity index (χ3v) is 7.13. The monoisotopic (exact) mass is 586 g/mol. The van der Waals surface area contributed by atoms with Crippen molar-refractivity contribution in [2.45, 2.75) is 13.5 Å². The van der Waals surface area contributed by atoms with E-state index in [0.717, 1.165) is 22.2 Å². The fraction of sp³-hybridized carbons (Fsp3) is 0.179. The highest BCUT2D eigenvalue weighted by atomic mass is 35.5. The van der Waals surface area contributed by atoms with E-state index >= 15 is 0 Å². The van der Waals surface area contributed by atoms with Crippen molar-refractivity contribution >= 4 is 63.8 Å². The van der Waals surface area contributed by atoms with Gasteiger partial charge in [0.1, 0.15) is 18.9 Å². The lowest BCUT2D eigenvalue weighted by Crippen LogP contribution is -2.36. The van der Waals surface area contributed by atoms with Crippen molar-refractivity contribution in [3.8, 4) is 17.2 Å². The van der Waals surface area contributed by atoms with Crippen LogP contribution in [0.15, 0.2) is 65.6 Å². The molecular weight excluding hydrogens is 563 g/mol. The summed E-state index contributed by atoms with van der Waals surface area (Å²) in [7, 11) is 1.50. The maximum Gasteiger partial charge on any atom is 0.294 e. The number of nitrogens with zero attached hydrogens (tertiary/aromatic N) is 1. The third kappa shape index (κ3) is 7.26. The highest BCUT2D eigenvalue weighted by Crippen LogP contribution is 2.35. The van der Waals surface area contributed by atoms with Crippen LogP contribution in [0.1, 0.15) is 18.1 Å². The molecule has 0 atom stereocenters. The molecule has 1 aliphatic rings. The van der Waals surface area contributed by atoms with Crippen molar-refractivity contribution < 1.29 is 28.6 Å². The molecule has 39 heavy (non-hydrogen) atoms. The number of hydrogen-bond acceptors (Lipinski definition) is 7. The van der Waals surface area contributed by atoms with E-state index in [9.17, 15) is 14.4 Å². The molecule has 0 spiro atoms. The average molecular weight is 587 g/mol. The summed E-state index contributed by atoms with van der Waals surface area (Å²) < 4.78 is 16.7. The minimum atomic E-state index is -0.550. The number of carbonyl (C=O) groups is 3. The van der Waals surface area contributed by atoms with Gasteiger partial charge in [-0.1, -0.05) is 35.3 Å². The Morgan fingerprint density at radius 2 is 1.74 bits per heavy atom. The first kappa shape index (κ1) is 28.4. The summed E-state index contributed by atoms with van der Waals surface area (Å²) in [5.41, 5.74) is 1.98. The van der Waals surface area contributed by atoms with Gasteiger partial charge in [0.25, 0.3) is 11.1 Å². The van der Waals surface area contributed by atoms with E-state index in [1.807, 2.05) is 13.0 Å². The maximum absolute atomic E-state index is 12.9. The van der Waals surface area contributed by atoms with Crippen LogP contribution in [-0.2, 0) is 16.2 Å². The zero-order valence-corrected chi connectivity index (χ0v) is 23.4. The Hall–Kier alpha value is -3.66. The minimum absolute atomic E-state index is 0.195. The molecule has 1 fully saturated rings. The van der Waals surface area contributed by atoms with E-state index in [0.29, 0.717) is 45.2 Å². The summed E-state index contributed by atoms with van der Waals surface area (Å²) in [4.78, 5) is 39.0. The summed E-state index contributed by atoms with van der Waals surface area (Å²) in [6.45, 7) is 2.25. The van der Waals surface area contributed by atoms with E-state index in [1.165, 1.54) is 7.11 Å². The summed E-state index contributed by atoms with van der Waals surface area (Å²) in [5.74, 6) is 0.561. The molecule has 3 amide bonds. The van der Waals surface area contributed by atoms with Gasteiger partial charge in [-0.05, 0) is 84.4 Å². The van der Waals surface area contributed by atoms with Gasteiger partial charge in [-0.3, -0.25) is 19.3 Å². The van der Waals surface area contributed by atoms with Gasteiger partial charge in [-0.15, -0.1) is 0 Å². The van der Waals surface area contributed by atoms with Crippen LogP contribution >= 0.6 is 35.0 Å². The number of nitrogens with one attached hydrogen (secondary N) is 1. The Balaban J connectivity index is 1.40. The summed E-state index contributed by atoms with van der Waals surface area (Å²) in [5, 5.41) is 3.05. The Morgan fingerprint density at radius 1 is 0.974 bits per heavy atom. The van der Waals surface area contributed by atoms with Crippen molar-refractivity contribution in [3.05, 3.63) is 86.7 Å². The third-order valence-electron chi connectivity index (χ3n) is 5.49. The molecule has 1 saturated heterocycles. The molecule has 1 N–H and O–H groups in total. The minimum Gasteiger partial charge on any atom is -0.494 e. The summed E-state index contributed by atoms with van der Waals surface area (Å²) in [6, 6.07) is 17.2. The Kier molecular flexibility index (Phi) is 9.40. The number of halogens is 2. The van der Waals surface area contributed by atoms with E-state index < -0.39 is 23.6 Å². The van der Waals surface area contributed by atoms with Crippen LogP contribution in [0.4, 0.5) is 10.5 Å². The topological polar surface area (TPSA) is 94.2 Å². The SMILES string of the molecule is CCOc1ccc(NC(=O)CN2C(=O)S/C(=C/c3ccc(OCc4ccc(Cl)c(Cl)c4)c(OC)c3)C2=O)cc1. The molecule has 8 nitrogen and oxygen atoms in total. The van der Waals surface area contributed by atoms with Gasteiger partial charge in [-0.25, -0.2) is 0 Å². The summed E-state index contributed by atoms with van der Waals surface area (Å²) in [6.07, 6.45) is 1.57. The van der Waals surface area contributed by atoms with Gasteiger partial charge >= 0.3 is 0 Å². The molecule has 0 radical (unpaired) electrons. The van der Waals surface area contributed by atoms with E-state index in [-0.39, 0.29) is 11.5 Å². The van der Waals surface area contributed by atoms with Crippen LogP contribution in [0.2, 0.25) is 10.0 Å². The van der Waals surface area contributed by atoms with E-state index in [4.69, 9.17) is 37.4 Å². The maximum atomic E-state index is 12.9. The molecule has 0 bridgehead atoms. The molecule has 1 heterocycles. The van der Waals surface area contributed by atoms with Crippen LogP contribution in [-0.4, -0.2) is 42.2 Å². The standard InChI is InChI=1S/C28H24Cl2N2O6S/c1-3-37-20-8-6-19(7-9-20)31-26(33)15-32-27(34)25(39-28(32)35)14-17-5-11-23(24(13-17)36-2)38-16-18-4-10-21(29)22(30)12-18/h4-14H,3,15-16H2,1-2H3,(H,31,33)/b25-14+. The van der Waals surface area contributed by atoms with E-state index in [2.05, 4.69) is 5.32 Å². The van der Waals surface area contributed by atoms with Crippen molar-refractivity contribution in [2.24, 2.45) is 0 Å². The van der Waals surface area contributed by atoms with Gasteiger partial charge in [0, 0.05) is 5.69 Å². The van der Waals surface area contributed by atoms with Crippen molar-refractivity contribution in [2.75, 3.05) is 25.6 Å². The van der Waals surface area contributed by atoms with E-state index in [1.54, 1.807) is 60.7 Å². The van der Waals surface area contributed by atoms with Gasteiger partial charge in [0.05, 0.1) is 28.7 Å². The first-order valence-electron chi connectivity index (χ1n) is 11.8. The van der Waals surface area contributed by atoms with Gasteiger partial charge < -0.3 is 19.5 Å². The highest BCUT2D eigenvalue weighted by Gasteiger charge is 2.36. The van der Waals surface area contributed by atoms with Crippen LogP contribution in [0, 0.1) is 0 Å². The zero-order chi connectivity index (χ0) is 27.9. The number of benzene rings is 3. The lowest BCUT2D eigenvalue weighted by molar-refractivity contribution is -0.127.